The van der Waals surface area contributed by atoms with Crippen LogP contribution in [-0.2, 0) is 0 Å². The maximum Gasteiger partial charge on any atom is 0.255 e. The molecule has 0 fully saturated rings. The molecule has 1 aromatic heterocycles. The number of halogens is 1. The zero-order valence-corrected chi connectivity index (χ0v) is 20.0. The summed E-state index contributed by atoms with van der Waals surface area (Å²) in [7, 11) is 1.60. The lowest BCUT2D eigenvalue weighted by atomic mass is 9.98. The number of fused-ring (bicyclic) bond motifs is 1. The normalized spacial score (nSPS) is 11.2. The highest BCUT2D eigenvalue weighted by molar-refractivity contribution is 8.00. The van der Waals surface area contributed by atoms with Crippen molar-refractivity contribution in [2.75, 3.05) is 24.2 Å². The van der Waals surface area contributed by atoms with Crippen LogP contribution in [0.15, 0.2) is 71.1 Å². The van der Waals surface area contributed by atoms with Gasteiger partial charge in [0.15, 0.2) is 0 Å². The Bertz CT molecular complexity index is 1270. The van der Waals surface area contributed by atoms with Crippen molar-refractivity contribution in [1.82, 2.24) is 5.32 Å². The fourth-order valence-electron chi connectivity index (χ4n) is 3.95. The molecule has 1 amide bonds. The Labute approximate surface area is 197 Å². The summed E-state index contributed by atoms with van der Waals surface area (Å²) in [6, 6.07) is 20.2. The minimum Gasteiger partial charge on any atom is -0.455 e. The van der Waals surface area contributed by atoms with Gasteiger partial charge in [0.05, 0.1) is 11.3 Å². The number of hydrogen-bond donors (Lipinski definition) is 1. The topological polar surface area (TPSA) is 45.5 Å². The molecule has 4 nitrogen and oxygen atoms in total. The molecular weight excluding hydrogens is 435 g/mol. The number of anilines is 1. The third-order valence-electron chi connectivity index (χ3n) is 5.47. The van der Waals surface area contributed by atoms with Crippen molar-refractivity contribution in [2.24, 2.45) is 5.92 Å². The molecule has 0 saturated heterocycles. The van der Waals surface area contributed by atoms with Crippen LogP contribution >= 0.6 is 11.9 Å². The van der Waals surface area contributed by atoms with E-state index in [4.69, 9.17) is 4.42 Å². The summed E-state index contributed by atoms with van der Waals surface area (Å²) >= 11 is 1.66. The molecule has 0 atom stereocenters. The Balaban J connectivity index is 2.02. The van der Waals surface area contributed by atoms with Gasteiger partial charge in [-0.25, -0.2) is 4.39 Å². The quantitative estimate of drug-likeness (QED) is 0.300. The van der Waals surface area contributed by atoms with Crippen molar-refractivity contribution in [3.05, 3.63) is 78.1 Å². The fourth-order valence-corrected chi connectivity index (χ4v) is 4.74. The van der Waals surface area contributed by atoms with Crippen LogP contribution in [0.2, 0.25) is 0 Å². The van der Waals surface area contributed by atoms with Crippen LogP contribution in [0.4, 0.5) is 10.1 Å². The smallest absolute Gasteiger partial charge is 0.255 e. The van der Waals surface area contributed by atoms with Gasteiger partial charge in [-0.3, -0.25) is 4.79 Å². The number of nitrogens with zero attached hydrogens (tertiary/aromatic N) is 1. The predicted octanol–water partition coefficient (Wildman–Crippen LogP) is 7.01. The van der Waals surface area contributed by atoms with E-state index in [2.05, 4.69) is 41.9 Å². The monoisotopic (exact) mass is 462 g/mol. The molecule has 0 aliphatic heterocycles. The minimum atomic E-state index is -0.339. The summed E-state index contributed by atoms with van der Waals surface area (Å²) in [4.78, 5) is 13.0. The van der Waals surface area contributed by atoms with Crippen LogP contribution < -0.4 is 9.62 Å². The molecule has 0 radical (unpaired) electrons. The van der Waals surface area contributed by atoms with Crippen LogP contribution in [0.25, 0.3) is 33.4 Å². The number of carbonyl (C=O) groups excluding carboxylic acids is 1. The van der Waals surface area contributed by atoms with E-state index in [0.29, 0.717) is 28.4 Å². The van der Waals surface area contributed by atoms with E-state index in [-0.39, 0.29) is 11.7 Å². The molecule has 0 spiro atoms. The maximum atomic E-state index is 13.5. The van der Waals surface area contributed by atoms with Gasteiger partial charge in [0.2, 0.25) is 0 Å². The standard InChI is InChI=1S/C27H27FN2O2S/c1-17(2)16-30(33-4)23-15-24-22(14-21(23)18-8-6-5-7-9-18)25(27(31)29-3)26(32-24)19-10-12-20(28)13-11-19/h5-15,17H,16H2,1-4H3,(H,29,31). The molecule has 4 rings (SSSR count). The number of nitrogens with one attached hydrogen (secondary N) is 1. The Kier molecular flexibility index (Phi) is 6.75. The molecule has 170 valence electrons. The number of rotatable bonds is 7. The van der Waals surface area contributed by atoms with Crippen molar-refractivity contribution in [3.63, 3.8) is 0 Å². The predicted molar refractivity (Wildman–Crippen MR) is 136 cm³/mol. The largest absolute Gasteiger partial charge is 0.455 e. The number of hydrogen-bond acceptors (Lipinski definition) is 4. The molecule has 0 unspecified atom stereocenters. The van der Waals surface area contributed by atoms with E-state index in [9.17, 15) is 9.18 Å². The van der Waals surface area contributed by atoms with Crippen molar-refractivity contribution in [3.8, 4) is 22.5 Å². The van der Waals surface area contributed by atoms with Gasteiger partial charge in [0.25, 0.3) is 5.91 Å². The van der Waals surface area contributed by atoms with E-state index >= 15 is 0 Å². The van der Waals surface area contributed by atoms with E-state index in [1.807, 2.05) is 30.3 Å². The molecule has 6 heteroatoms. The minimum absolute atomic E-state index is 0.247. The van der Waals surface area contributed by atoms with Crippen LogP contribution in [0.3, 0.4) is 0 Å². The van der Waals surface area contributed by atoms with Gasteiger partial charge >= 0.3 is 0 Å². The number of benzene rings is 3. The lowest BCUT2D eigenvalue weighted by Gasteiger charge is -2.26. The summed E-state index contributed by atoms with van der Waals surface area (Å²) < 4.78 is 22.1. The second-order valence-electron chi connectivity index (χ2n) is 8.26. The zero-order chi connectivity index (χ0) is 23.5. The number of amides is 1. The Morgan fingerprint density at radius 1 is 1.06 bits per heavy atom. The van der Waals surface area contributed by atoms with Crippen molar-refractivity contribution >= 4 is 34.5 Å². The lowest BCUT2D eigenvalue weighted by molar-refractivity contribution is 0.0964. The highest BCUT2D eigenvalue weighted by Gasteiger charge is 2.25. The molecule has 1 heterocycles. The van der Waals surface area contributed by atoms with Crippen molar-refractivity contribution in [1.29, 1.82) is 0 Å². The van der Waals surface area contributed by atoms with Gasteiger partial charge in [0.1, 0.15) is 17.2 Å². The number of furan rings is 1. The highest BCUT2D eigenvalue weighted by Crippen LogP contribution is 2.42. The summed E-state index contributed by atoms with van der Waals surface area (Å²) in [5.41, 5.74) is 4.82. The molecule has 4 aromatic rings. The SMILES string of the molecule is CNC(=O)c1c(-c2ccc(F)cc2)oc2cc(N(CC(C)C)SC)c(-c3ccccc3)cc12. The zero-order valence-electron chi connectivity index (χ0n) is 19.2. The Morgan fingerprint density at radius 3 is 2.36 bits per heavy atom. The van der Waals surface area contributed by atoms with Crippen molar-refractivity contribution in [2.45, 2.75) is 13.8 Å². The first-order valence-electron chi connectivity index (χ1n) is 10.9. The fraction of sp³-hybridized carbons (Fsp3) is 0.222. The summed E-state index contributed by atoms with van der Waals surface area (Å²) in [6.07, 6.45) is 2.06. The third-order valence-corrected chi connectivity index (χ3v) is 6.26. The summed E-state index contributed by atoms with van der Waals surface area (Å²) in [5.74, 6) is 0.308. The van der Waals surface area contributed by atoms with Crippen molar-refractivity contribution < 1.29 is 13.6 Å². The first-order valence-corrected chi connectivity index (χ1v) is 12.1. The average molecular weight is 463 g/mol. The van der Waals surface area contributed by atoms with Crippen LogP contribution in [0.1, 0.15) is 24.2 Å². The van der Waals surface area contributed by atoms with Gasteiger partial charge in [0, 0.05) is 42.4 Å². The van der Waals surface area contributed by atoms with E-state index < -0.39 is 0 Å². The highest BCUT2D eigenvalue weighted by atomic mass is 32.2. The number of carbonyl (C=O) groups is 1. The molecule has 33 heavy (non-hydrogen) atoms. The third kappa shape index (κ3) is 4.62. The van der Waals surface area contributed by atoms with E-state index in [0.717, 1.165) is 28.7 Å². The van der Waals surface area contributed by atoms with Gasteiger partial charge in [-0.05, 0) is 41.8 Å². The molecule has 0 aliphatic rings. The maximum absolute atomic E-state index is 13.5. The lowest BCUT2D eigenvalue weighted by Crippen LogP contribution is -2.20. The first kappa shape index (κ1) is 22.9. The van der Waals surface area contributed by atoms with Crippen LogP contribution in [0.5, 0.6) is 0 Å². The molecular formula is C27H27FN2O2S. The summed E-state index contributed by atoms with van der Waals surface area (Å²) in [5, 5.41) is 3.45. The van der Waals surface area contributed by atoms with Gasteiger partial charge < -0.3 is 14.0 Å². The molecule has 3 aromatic carbocycles. The average Bonchev–Trinajstić information content (AvgIpc) is 3.20. The second kappa shape index (κ2) is 9.71. The molecule has 1 N–H and O–H groups in total. The Morgan fingerprint density at radius 2 is 1.76 bits per heavy atom. The van der Waals surface area contributed by atoms with Gasteiger partial charge in [-0.2, -0.15) is 0 Å². The van der Waals surface area contributed by atoms with E-state index in [1.54, 1.807) is 31.1 Å². The molecule has 0 saturated carbocycles. The first-order chi connectivity index (χ1) is 15.9. The van der Waals surface area contributed by atoms with Gasteiger partial charge in [-0.15, -0.1) is 0 Å². The van der Waals surface area contributed by atoms with Gasteiger partial charge in [-0.1, -0.05) is 56.1 Å². The summed E-state index contributed by atoms with van der Waals surface area (Å²) in [6.45, 7) is 5.24. The molecule has 0 bridgehead atoms. The second-order valence-corrected chi connectivity index (χ2v) is 9.07. The van der Waals surface area contributed by atoms with Crippen LogP contribution in [-0.4, -0.2) is 25.8 Å². The Hall–Kier alpha value is -3.25. The van der Waals surface area contributed by atoms with E-state index in [1.165, 1.54) is 12.1 Å². The molecule has 0 aliphatic carbocycles. The van der Waals surface area contributed by atoms with Crippen LogP contribution in [0, 0.1) is 11.7 Å².